The van der Waals surface area contributed by atoms with Gasteiger partial charge >= 0.3 is 0 Å². The Bertz CT molecular complexity index is 654. The topological polar surface area (TPSA) is 9.23 Å². The number of ether oxygens (including phenoxy) is 1. The van der Waals surface area contributed by atoms with E-state index in [1.165, 1.54) is 5.56 Å². The SMILES string of the molecule is C=C=C1CC[C@H](c2ccccc2)O[C@@H]1c1ccc(Cl)cc1. The van der Waals surface area contributed by atoms with Crippen LogP contribution in [0.1, 0.15) is 36.2 Å². The van der Waals surface area contributed by atoms with Crippen LogP contribution in [0.3, 0.4) is 0 Å². The summed E-state index contributed by atoms with van der Waals surface area (Å²) in [7, 11) is 0. The highest BCUT2D eigenvalue weighted by Gasteiger charge is 2.28. The van der Waals surface area contributed by atoms with Crippen LogP contribution >= 0.6 is 11.6 Å². The van der Waals surface area contributed by atoms with E-state index >= 15 is 0 Å². The van der Waals surface area contributed by atoms with Crippen LogP contribution < -0.4 is 0 Å². The smallest absolute Gasteiger partial charge is 0.112 e. The van der Waals surface area contributed by atoms with Crippen molar-refractivity contribution in [3.63, 3.8) is 0 Å². The summed E-state index contributed by atoms with van der Waals surface area (Å²) in [5.41, 5.74) is 6.49. The molecule has 1 fully saturated rings. The molecule has 106 valence electrons. The van der Waals surface area contributed by atoms with Gasteiger partial charge in [-0.15, -0.1) is 5.73 Å². The van der Waals surface area contributed by atoms with E-state index in [0.717, 1.165) is 29.0 Å². The van der Waals surface area contributed by atoms with Crippen molar-refractivity contribution in [2.75, 3.05) is 0 Å². The maximum atomic E-state index is 6.32. The molecule has 2 aromatic carbocycles. The minimum atomic E-state index is -0.0845. The third kappa shape index (κ3) is 3.11. The number of rotatable bonds is 2. The molecule has 0 aliphatic carbocycles. The zero-order valence-corrected chi connectivity index (χ0v) is 12.5. The van der Waals surface area contributed by atoms with E-state index in [1.807, 2.05) is 30.3 Å². The average molecular weight is 297 g/mol. The molecule has 0 bridgehead atoms. The molecule has 21 heavy (non-hydrogen) atoms. The van der Waals surface area contributed by atoms with E-state index < -0.39 is 0 Å². The first-order valence-corrected chi connectivity index (χ1v) is 7.50. The fourth-order valence-electron chi connectivity index (χ4n) is 2.74. The van der Waals surface area contributed by atoms with Gasteiger partial charge in [0.2, 0.25) is 0 Å². The molecule has 0 aromatic heterocycles. The van der Waals surface area contributed by atoms with E-state index in [9.17, 15) is 0 Å². The normalized spacial score (nSPS) is 21.9. The molecule has 0 radical (unpaired) electrons. The summed E-state index contributed by atoms with van der Waals surface area (Å²) in [6.45, 7) is 3.81. The fourth-order valence-corrected chi connectivity index (χ4v) is 2.87. The van der Waals surface area contributed by atoms with Gasteiger partial charge in [-0.1, -0.05) is 60.6 Å². The molecule has 3 rings (SSSR count). The molecule has 1 nitrogen and oxygen atoms in total. The first-order chi connectivity index (χ1) is 10.3. The van der Waals surface area contributed by atoms with Crippen molar-refractivity contribution in [1.82, 2.24) is 0 Å². The molecule has 2 heteroatoms. The van der Waals surface area contributed by atoms with E-state index in [2.05, 4.69) is 36.6 Å². The Labute approximate surface area is 130 Å². The minimum Gasteiger partial charge on any atom is -0.361 e. The number of hydrogen-bond acceptors (Lipinski definition) is 1. The van der Waals surface area contributed by atoms with Gasteiger partial charge in [-0.25, -0.2) is 0 Å². The Morgan fingerprint density at radius 3 is 2.38 bits per heavy atom. The van der Waals surface area contributed by atoms with Crippen LogP contribution in [0.15, 0.2) is 72.5 Å². The highest BCUT2D eigenvalue weighted by atomic mass is 35.5. The van der Waals surface area contributed by atoms with Gasteiger partial charge in [0.15, 0.2) is 0 Å². The van der Waals surface area contributed by atoms with Crippen molar-refractivity contribution in [2.24, 2.45) is 0 Å². The van der Waals surface area contributed by atoms with E-state index in [4.69, 9.17) is 16.3 Å². The van der Waals surface area contributed by atoms with Gasteiger partial charge in [0.05, 0.1) is 6.10 Å². The summed E-state index contributed by atoms with van der Waals surface area (Å²) in [6.07, 6.45) is 1.95. The second kappa shape index (κ2) is 6.32. The summed E-state index contributed by atoms with van der Waals surface area (Å²) in [5.74, 6) is 0. The minimum absolute atomic E-state index is 0.0845. The highest BCUT2D eigenvalue weighted by molar-refractivity contribution is 6.30. The van der Waals surface area contributed by atoms with Crippen LogP contribution in [-0.4, -0.2) is 0 Å². The van der Waals surface area contributed by atoms with Gasteiger partial charge in [0.25, 0.3) is 0 Å². The van der Waals surface area contributed by atoms with Crippen LogP contribution in [0.2, 0.25) is 5.02 Å². The first kappa shape index (κ1) is 14.2. The lowest BCUT2D eigenvalue weighted by Gasteiger charge is -2.32. The summed E-state index contributed by atoms with van der Waals surface area (Å²) >= 11 is 5.97. The first-order valence-electron chi connectivity index (χ1n) is 7.12. The largest absolute Gasteiger partial charge is 0.361 e. The molecule has 2 aromatic rings. The number of benzene rings is 2. The Kier molecular flexibility index (Phi) is 4.26. The quantitative estimate of drug-likeness (QED) is 0.651. The molecule has 0 saturated carbocycles. The maximum Gasteiger partial charge on any atom is 0.112 e. The molecular formula is C19H17ClO. The van der Waals surface area contributed by atoms with Crippen molar-refractivity contribution in [3.05, 3.63) is 88.6 Å². The Morgan fingerprint density at radius 1 is 1.00 bits per heavy atom. The fraction of sp³-hybridized carbons (Fsp3) is 0.211. The van der Waals surface area contributed by atoms with Crippen LogP contribution in [0, 0.1) is 0 Å². The molecule has 0 unspecified atom stereocenters. The van der Waals surface area contributed by atoms with Crippen LogP contribution in [0.4, 0.5) is 0 Å². The molecule has 1 aliphatic heterocycles. The Balaban J connectivity index is 1.89. The predicted molar refractivity (Wildman–Crippen MR) is 86.3 cm³/mol. The van der Waals surface area contributed by atoms with Gasteiger partial charge < -0.3 is 4.74 Å². The van der Waals surface area contributed by atoms with E-state index in [-0.39, 0.29) is 12.2 Å². The van der Waals surface area contributed by atoms with Crippen LogP contribution in [0.5, 0.6) is 0 Å². The van der Waals surface area contributed by atoms with Crippen molar-refractivity contribution in [1.29, 1.82) is 0 Å². The third-order valence-electron chi connectivity index (χ3n) is 3.86. The van der Waals surface area contributed by atoms with E-state index in [0.29, 0.717) is 0 Å². The molecule has 1 heterocycles. The van der Waals surface area contributed by atoms with Gasteiger partial charge in [0, 0.05) is 10.6 Å². The maximum absolute atomic E-state index is 6.32. The van der Waals surface area contributed by atoms with Crippen molar-refractivity contribution in [2.45, 2.75) is 25.0 Å². The molecule has 0 N–H and O–H groups in total. The zero-order valence-electron chi connectivity index (χ0n) is 11.8. The summed E-state index contributed by atoms with van der Waals surface area (Å²) in [4.78, 5) is 0. The average Bonchev–Trinajstić information content (AvgIpc) is 2.56. The van der Waals surface area contributed by atoms with Gasteiger partial charge in [-0.2, -0.15) is 0 Å². The lowest BCUT2D eigenvalue weighted by molar-refractivity contribution is -0.0220. The molecule has 0 amide bonds. The van der Waals surface area contributed by atoms with Gasteiger partial charge in [-0.3, -0.25) is 0 Å². The van der Waals surface area contributed by atoms with Crippen LogP contribution in [-0.2, 0) is 4.74 Å². The second-order valence-electron chi connectivity index (χ2n) is 5.21. The second-order valence-corrected chi connectivity index (χ2v) is 5.64. The van der Waals surface area contributed by atoms with Gasteiger partial charge in [-0.05, 0) is 36.1 Å². The molecule has 2 atom stereocenters. The van der Waals surface area contributed by atoms with E-state index in [1.54, 1.807) is 0 Å². The Morgan fingerprint density at radius 2 is 1.71 bits per heavy atom. The zero-order chi connectivity index (χ0) is 14.7. The monoisotopic (exact) mass is 296 g/mol. The number of halogens is 1. The van der Waals surface area contributed by atoms with Crippen molar-refractivity contribution in [3.8, 4) is 0 Å². The molecular weight excluding hydrogens is 280 g/mol. The number of hydrogen-bond donors (Lipinski definition) is 0. The summed E-state index contributed by atoms with van der Waals surface area (Å²) in [5, 5.41) is 0.735. The predicted octanol–water partition coefficient (Wildman–Crippen LogP) is 5.64. The lowest BCUT2D eigenvalue weighted by atomic mass is 9.91. The molecule has 0 spiro atoms. The van der Waals surface area contributed by atoms with Crippen molar-refractivity contribution < 1.29 is 4.74 Å². The lowest BCUT2D eigenvalue weighted by Crippen LogP contribution is -2.18. The standard InChI is InChI=1S/C19H17ClO/c1-2-14-10-13-18(15-6-4-3-5-7-15)21-19(14)16-8-11-17(20)12-9-16/h3-9,11-12,18-19H,1,10,13H2/t18-,19+/m1/s1. The molecule has 1 saturated heterocycles. The molecule has 1 aliphatic rings. The third-order valence-corrected chi connectivity index (χ3v) is 4.12. The highest BCUT2D eigenvalue weighted by Crippen LogP contribution is 2.41. The summed E-state index contributed by atoms with van der Waals surface area (Å²) in [6, 6.07) is 18.2. The van der Waals surface area contributed by atoms with Gasteiger partial charge in [0.1, 0.15) is 6.10 Å². The van der Waals surface area contributed by atoms with Crippen molar-refractivity contribution >= 4 is 11.6 Å². The Hall–Kier alpha value is -1.79. The summed E-state index contributed by atoms with van der Waals surface area (Å²) < 4.78 is 6.32. The van der Waals surface area contributed by atoms with Crippen LogP contribution in [0.25, 0.3) is 0 Å².